The van der Waals surface area contributed by atoms with Crippen molar-refractivity contribution in [2.75, 3.05) is 13.7 Å². The molecule has 0 spiro atoms. The summed E-state index contributed by atoms with van der Waals surface area (Å²) in [5.41, 5.74) is 1.26. The van der Waals surface area contributed by atoms with Crippen LogP contribution in [0.1, 0.15) is 48.4 Å². The molecule has 0 radical (unpaired) electrons. The monoisotopic (exact) mass is 358 g/mol. The molecule has 0 aliphatic heterocycles. The van der Waals surface area contributed by atoms with Crippen LogP contribution in [0.2, 0.25) is 0 Å². The molecule has 1 atom stereocenters. The fourth-order valence-corrected chi connectivity index (χ4v) is 2.44. The van der Waals surface area contributed by atoms with Crippen LogP contribution in [0.25, 0.3) is 0 Å². The highest BCUT2D eigenvalue weighted by atomic mass is 16.5. The van der Waals surface area contributed by atoms with Gasteiger partial charge in [-0.2, -0.15) is 0 Å². The molecule has 0 saturated carbocycles. The lowest BCUT2D eigenvalue weighted by molar-refractivity contribution is 0.0938. The van der Waals surface area contributed by atoms with Gasteiger partial charge in [0.25, 0.3) is 11.5 Å². The first-order valence-electron chi connectivity index (χ1n) is 8.63. The number of amides is 1. The van der Waals surface area contributed by atoms with Crippen molar-refractivity contribution in [1.82, 2.24) is 10.3 Å². The maximum atomic E-state index is 12.4. The summed E-state index contributed by atoms with van der Waals surface area (Å²) in [6.45, 7) is 8.36. The van der Waals surface area contributed by atoms with E-state index in [1.807, 2.05) is 25.1 Å². The van der Waals surface area contributed by atoms with E-state index < -0.39 is 11.5 Å². The van der Waals surface area contributed by atoms with E-state index in [0.717, 1.165) is 5.56 Å². The zero-order valence-electron chi connectivity index (χ0n) is 15.9. The SMILES string of the molecule is COc1cc(C(C)NC(=O)c2ccc(C)[nH]c2=O)ccc1OCC(C)C. The Labute approximate surface area is 153 Å². The third-order valence-electron chi connectivity index (χ3n) is 3.91. The second kappa shape index (κ2) is 8.56. The molecule has 1 amide bonds. The number of aryl methyl sites for hydroxylation is 1. The van der Waals surface area contributed by atoms with Gasteiger partial charge in [-0.3, -0.25) is 9.59 Å². The summed E-state index contributed by atoms with van der Waals surface area (Å²) in [7, 11) is 1.58. The van der Waals surface area contributed by atoms with Crippen LogP contribution < -0.4 is 20.3 Å². The van der Waals surface area contributed by atoms with Gasteiger partial charge in [-0.05, 0) is 49.6 Å². The molecule has 6 heteroatoms. The van der Waals surface area contributed by atoms with Crippen LogP contribution in [0.5, 0.6) is 11.5 Å². The van der Waals surface area contributed by atoms with Crippen LogP contribution in [0.15, 0.2) is 35.1 Å². The van der Waals surface area contributed by atoms with Crippen molar-refractivity contribution in [2.24, 2.45) is 5.92 Å². The number of rotatable bonds is 7. The van der Waals surface area contributed by atoms with Gasteiger partial charge in [0.2, 0.25) is 0 Å². The van der Waals surface area contributed by atoms with E-state index in [-0.39, 0.29) is 11.6 Å². The summed E-state index contributed by atoms with van der Waals surface area (Å²) in [6.07, 6.45) is 0. The standard InChI is InChI=1S/C20H26N2O4/c1-12(2)11-26-17-9-7-15(10-18(17)25-5)14(4)22-20(24)16-8-6-13(3)21-19(16)23/h6-10,12,14H,11H2,1-5H3,(H,21,23)(H,22,24). The minimum atomic E-state index is -0.419. The van der Waals surface area contributed by atoms with Crippen LogP contribution in [-0.4, -0.2) is 24.6 Å². The molecule has 1 heterocycles. The first-order chi connectivity index (χ1) is 12.3. The predicted molar refractivity (Wildman–Crippen MR) is 101 cm³/mol. The van der Waals surface area contributed by atoms with Crippen molar-refractivity contribution in [3.63, 3.8) is 0 Å². The lowest BCUT2D eigenvalue weighted by Gasteiger charge is -2.17. The molecular formula is C20H26N2O4. The molecule has 0 aliphatic rings. The third-order valence-corrected chi connectivity index (χ3v) is 3.91. The van der Waals surface area contributed by atoms with E-state index >= 15 is 0 Å². The molecule has 0 fully saturated rings. The summed E-state index contributed by atoms with van der Waals surface area (Å²) in [6, 6.07) is 8.47. The second-order valence-corrected chi connectivity index (χ2v) is 6.69. The minimum absolute atomic E-state index is 0.0892. The highest BCUT2D eigenvalue weighted by molar-refractivity contribution is 5.94. The van der Waals surface area contributed by atoms with Crippen molar-refractivity contribution in [1.29, 1.82) is 0 Å². The fraction of sp³-hybridized carbons (Fsp3) is 0.400. The number of carbonyl (C=O) groups excluding carboxylic acids is 1. The lowest BCUT2D eigenvalue weighted by atomic mass is 10.1. The van der Waals surface area contributed by atoms with Gasteiger partial charge in [0.1, 0.15) is 5.56 Å². The van der Waals surface area contributed by atoms with Gasteiger partial charge >= 0.3 is 0 Å². The first-order valence-corrected chi connectivity index (χ1v) is 8.63. The fourth-order valence-electron chi connectivity index (χ4n) is 2.44. The molecule has 6 nitrogen and oxygen atoms in total. The number of ether oxygens (including phenoxy) is 2. The number of methoxy groups -OCH3 is 1. The first kappa shape index (κ1) is 19.6. The Morgan fingerprint density at radius 3 is 2.50 bits per heavy atom. The van der Waals surface area contributed by atoms with E-state index in [0.29, 0.717) is 29.7 Å². The zero-order valence-corrected chi connectivity index (χ0v) is 15.9. The molecule has 1 aromatic carbocycles. The summed E-state index contributed by atoms with van der Waals surface area (Å²) < 4.78 is 11.1. The van der Waals surface area contributed by atoms with Crippen molar-refractivity contribution < 1.29 is 14.3 Å². The summed E-state index contributed by atoms with van der Waals surface area (Å²) in [4.78, 5) is 26.9. The number of carbonyl (C=O) groups is 1. The molecule has 0 bridgehead atoms. The van der Waals surface area contributed by atoms with Crippen LogP contribution >= 0.6 is 0 Å². The molecular weight excluding hydrogens is 332 g/mol. The van der Waals surface area contributed by atoms with Gasteiger partial charge < -0.3 is 19.8 Å². The van der Waals surface area contributed by atoms with Gasteiger partial charge in [0.05, 0.1) is 19.8 Å². The molecule has 0 aliphatic carbocycles. The van der Waals surface area contributed by atoms with Gasteiger partial charge in [-0.15, -0.1) is 0 Å². The van der Waals surface area contributed by atoms with E-state index in [1.165, 1.54) is 6.07 Å². The Balaban J connectivity index is 2.14. The lowest BCUT2D eigenvalue weighted by Crippen LogP contribution is -2.31. The number of pyridine rings is 1. The maximum absolute atomic E-state index is 12.4. The van der Waals surface area contributed by atoms with Crippen molar-refractivity contribution in [2.45, 2.75) is 33.7 Å². The average Bonchev–Trinajstić information content (AvgIpc) is 2.59. The largest absolute Gasteiger partial charge is 0.493 e. The van der Waals surface area contributed by atoms with Crippen molar-refractivity contribution in [3.05, 3.63) is 57.5 Å². The molecule has 2 aromatic rings. The number of H-pyrrole nitrogens is 1. The molecule has 1 aromatic heterocycles. The highest BCUT2D eigenvalue weighted by Crippen LogP contribution is 2.30. The van der Waals surface area contributed by atoms with E-state index in [9.17, 15) is 9.59 Å². The van der Waals surface area contributed by atoms with E-state index in [4.69, 9.17) is 9.47 Å². The average molecular weight is 358 g/mol. The smallest absolute Gasteiger partial charge is 0.260 e. The van der Waals surface area contributed by atoms with E-state index in [1.54, 1.807) is 20.1 Å². The summed E-state index contributed by atoms with van der Waals surface area (Å²) in [5.74, 6) is 1.26. The van der Waals surface area contributed by atoms with Crippen molar-refractivity contribution >= 4 is 5.91 Å². The normalized spacial score (nSPS) is 11.9. The predicted octanol–water partition coefficient (Wildman–Crippen LogP) is 3.22. The van der Waals surface area contributed by atoms with Crippen LogP contribution in [0.4, 0.5) is 0 Å². The number of hydrogen-bond acceptors (Lipinski definition) is 4. The van der Waals surface area contributed by atoms with Gasteiger partial charge in [0, 0.05) is 5.69 Å². The Morgan fingerprint density at radius 1 is 1.15 bits per heavy atom. The van der Waals surface area contributed by atoms with Crippen molar-refractivity contribution in [3.8, 4) is 11.5 Å². The van der Waals surface area contributed by atoms with Gasteiger partial charge in [-0.25, -0.2) is 0 Å². The molecule has 0 saturated heterocycles. The Kier molecular flexibility index (Phi) is 6.44. The second-order valence-electron chi connectivity index (χ2n) is 6.69. The zero-order chi connectivity index (χ0) is 19.3. The highest BCUT2D eigenvalue weighted by Gasteiger charge is 2.16. The summed E-state index contributed by atoms with van der Waals surface area (Å²) >= 11 is 0. The summed E-state index contributed by atoms with van der Waals surface area (Å²) in [5, 5.41) is 2.84. The minimum Gasteiger partial charge on any atom is -0.493 e. The number of nitrogens with one attached hydrogen (secondary N) is 2. The number of aromatic amines is 1. The molecule has 2 rings (SSSR count). The molecule has 26 heavy (non-hydrogen) atoms. The van der Waals surface area contributed by atoms with Crippen LogP contribution in [0.3, 0.4) is 0 Å². The number of benzene rings is 1. The maximum Gasteiger partial charge on any atom is 0.260 e. The quantitative estimate of drug-likeness (QED) is 0.796. The Morgan fingerprint density at radius 2 is 1.88 bits per heavy atom. The Bertz CT molecular complexity index is 827. The van der Waals surface area contributed by atoms with Gasteiger partial charge in [0.15, 0.2) is 11.5 Å². The topological polar surface area (TPSA) is 80.4 Å². The molecule has 2 N–H and O–H groups in total. The third kappa shape index (κ3) is 4.88. The molecule has 1 unspecified atom stereocenters. The van der Waals surface area contributed by atoms with E-state index in [2.05, 4.69) is 24.1 Å². The molecule has 140 valence electrons. The van der Waals surface area contributed by atoms with Crippen LogP contribution in [0, 0.1) is 12.8 Å². The van der Waals surface area contributed by atoms with Gasteiger partial charge in [-0.1, -0.05) is 19.9 Å². The van der Waals surface area contributed by atoms with Crippen LogP contribution in [-0.2, 0) is 0 Å². The Hall–Kier alpha value is -2.76. The number of aromatic nitrogens is 1. The number of hydrogen-bond donors (Lipinski definition) is 2.